The van der Waals surface area contributed by atoms with Gasteiger partial charge in [-0.2, -0.15) is 0 Å². The van der Waals surface area contributed by atoms with Gasteiger partial charge in [0.15, 0.2) is 11.5 Å². The van der Waals surface area contributed by atoms with E-state index in [1.165, 1.54) is 31.2 Å². The van der Waals surface area contributed by atoms with E-state index in [9.17, 15) is 0 Å². The number of benzene rings is 1. The lowest BCUT2D eigenvalue weighted by Crippen LogP contribution is -2.31. The number of ether oxygens (including phenoxy) is 2. The van der Waals surface area contributed by atoms with Crippen LogP contribution in [0.2, 0.25) is 0 Å². The van der Waals surface area contributed by atoms with Crippen molar-refractivity contribution in [3.8, 4) is 11.5 Å². The average molecular weight is 275 g/mol. The van der Waals surface area contributed by atoms with Gasteiger partial charge in [0, 0.05) is 6.04 Å². The first kappa shape index (κ1) is 13.7. The molecule has 1 saturated carbocycles. The fraction of sp³-hybridized carbons (Fsp3) is 0.647. The van der Waals surface area contributed by atoms with Gasteiger partial charge in [-0.05, 0) is 49.4 Å². The number of rotatable bonds is 4. The molecular weight excluding hydrogens is 250 g/mol. The van der Waals surface area contributed by atoms with Crippen molar-refractivity contribution in [2.24, 2.45) is 11.8 Å². The van der Waals surface area contributed by atoms with Gasteiger partial charge in [-0.1, -0.05) is 32.3 Å². The minimum atomic E-state index is 0.347. The van der Waals surface area contributed by atoms with Crippen LogP contribution < -0.4 is 14.8 Å². The first-order valence-corrected chi connectivity index (χ1v) is 7.87. The number of nitrogens with one attached hydrogen (secondary N) is 1. The van der Waals surface area contributed by atoms with Gasteiger partial charge >= 0.3 is 0 Å². The van der Waals surface area contributed by atoms with Crippen LogP contribution in [0.1, 0.15) is 51.1 Å². The second-order valence-corrected chi connectivity index (χ2v) is 6.26. The molecule has 0 spiro atoms. The summed E-state index contributed by atoms with van der Waals surface area (Å²) in [5.41, 5.74) is 1.28. The van der Waals surface area contributed by atoms with E-state index < -0.39 is 0 Å². The third kappa shape index (κ3) is 2.93. The van der Waals surface area contributed by atoms with E-state index in [0.29, 0.717) is 12.8 Å². The molecule has 20 heavy (non-hydrogen) atoms. The Balaban J connectivity index is 1.57. The third-order valence-corrected chi connectivity index (χ3v) is 4.87. The normalized spacial score (nSPS) is 26.5. The van der Waals surface area contributed by atoms with Crippen LogP contribution in [0.5, 0.6) is 11.5 Å². The maximum absolute atomic E-state index is 5.45. The summed E-state index contributed by atoms with van der Waals surface area (Å²) in [5, 5.41) is 3.69. The van der Waals surface area contributed by atoms with E-state index in [2.05, 4.69) is 31.3 Å². The summed E-state index contributed by atoms with van der Waals surface area (Å²) in [5.74, 6) is 3.43. The highest BCUT2D eigenvalue weighted by Crippen LogP contribution is 2.34. The smallest absolute Gasteiger partial charge is 0.231 e. The van der Waals surface area contributed by atoms with Gasteiger partial charge in [0.1, 0.15) is 0 Å². The molecule has 0 saturated heterocycles. The van der Waals surface area contributed by atoms with Gasteiger partial charge in [0.25, 0.3) is 0 Å². The van der Waals surface area contributed by atoms with Crippen molar-refractivity contribution in [2.75, 3.05) is 13.3 Å². The van der Waals surface area contributed by atoms with Crippen LogP contribution in [0.15, 0.2) is 18.2 Å². The van der Waals surface area contributed by atoms with Crippen molar-refractivity contribution >= 4 is 0 Å². The third-order valence-electron chi connectivity index (χ3n) is 4.87. The van der Waals surface area contributed by atoms with Crippen LogP contribution in [-0.2, 0) is 0 Å². The molecular formula is C17H25NO2. The average Bonchev–Trinajstić information content (AvgIpc) is 2.93. The van der Waals surface area contributed by atoms with Crippen LogP contribution in [0.4, 0.5) is 0 Å². The molecule has 0 bridgehead atoms. The standard InChI is InChI=1S/C17H25NO2/c1-12-5-3-4-6-15(12)10-18-13(2)14-7-8-16-17(9-14)20-11-19-16/h7-9,12-13,15,18H,3-6,10-11H2,1-2H3. The van der Waals surface area contributed by atoms with E-state index >= 15 is 0 Å². The lowest BCUT2D eigenvalue weighted by Gasteiger charge is -2.30. The van der Waals surface area contributed by atoms with Gasteiger partial charge in [0.05, 0.1) is 0 Å². The van der Waals surface area contributed by atoms with E-state index in [1.54, 1.807) is 0 Å². The maximum Gasteiger partial charge on any atom is 0.231 e. The Morgan fingerprint density at radius 3 is 2.85 bits per heavy atom. The molecule has 0 amide bonds. The number of fused-ring (bicyclic) bond motifs is 1. The van der Waals surface area contributed by atoms with Crippen molar-refractivity contribution < 1.29 is 9.47 Å². The highest BCUT2D eigenvalue weighted by Gasteiger charge is 2.22. The first-order valence-electron chi connectivity index (χ1n) is 7.87. The number of hydrogen-bond acceptors (Lipinski definition) is 3. The molecule has 3 heteroatoms. The summed E-state index contributed by atoms with van der Waals surface area (Å²) in [4.78, 5) is 0. The van der Waals surface area contributed by atoms with Crippen LogP contribution >= 0.6 is 0 Å². The molecule has 1 fully saturated rings. The van der Waals surface area contributed by atoms with Gasteiger partial charge in [0.2, 0.25) is 6.79 Å². The Morgan fingerprint density at radius 2 is 2.00 bits per heavy atom. The van der Waals surface area contributed by atoms with Crippen LogP contribution in [-0.4, -0.2) is 13.3 Å². The second kappa shape index (κ2) is 6.04. The zero-order chi connectivity index (χ0) is 13.9. The summed E-state index contributed by atoms with van der Waals surface area (Å²) in [6.07, 6.45) is 5.58. The SMILES string of the molecule is CC(NCC1CCCCC1C)c1ccc2c(c1)OCO2. The molecule has 3 unspecified atom stereocenters. The largest absolute Gasteiger partial charge is 0.454 e. The molecule has 1 aliphatic heterocycles. The minimum absolute atomic E-state index is 0.347. The van der Waals surface area contributed by atoms with E-state index in [1.807, 2.05) is 6.07 Å². The van der Waals surface area contributed by atoms with Gasteiger partial charge in [-0.15, -0.1) is 0 Å². The van der Waals surface area contributed by atoms with E-state index in [-0.39, 0.29) is 0 Å². The summed E-state index contributed by atoms with van der Waals surface area (Å²) in [6, 6.07) is 6.61. The molecule has 3 nitrogen and oxygen atoms in total. The highest BCUT2D eigenvalue weighted by molar-refractivity contribution is 5.45. The molecule has 110 valence electrons. The fourth-order valence-corrected chi connectivity index (χ4v) is 3.32. The maximum atomic E-state index is 5.45. The lowest BCUT2D eigenvalue weighted by atomic mass is 9.80. The lowest BCUT2D eigenvalue weighted by molar-refractivity contribution is 0.174. The first-order chi connectivity index (χ1) is 9.74. The van der Waals surface area contributed by atoms with E-state index in [0.717, 1.165) is 29.9 Å². The van der Waals surface area contributed by atoms with Crippen molar-refractivity contribution in [1.82, 2.24) is 5.32 Å². The second-order valence-electron chi connectivity index (χ2n) is 6.26. The molecule has 1 N–H and O–H groups in total. The van der Waals surface area contributed by atoms with Crippen molar-refractivity contribution in [1.29, 1.82) is 0 Å². The topological polar surface area (TPSA) is 30.5 Å². The van der Waals surface area contributed by atoms with Gasteiger partial charge in [-0.3, -0.25) is 0 Å². The van der Waals surface area contributed by atoms with E-state index in [4.69, 9.17) is 9.47 Å². The van der Waals surface area contributed by atoms with Crippen LogP contribution in [0, 0.1) is 11.8 Å². The Hall–Kier alpha value is -1.22. The molecule has 1 aromatic rings. The predicted octanol–water partition coefficient (Wildman–Crippen LogP) is 3.89. The van der Waals surface area contributed by atoms with Crippen LogP contribution in [0.3, 0.4) is 0 Å². The Morgan fingerprint density at radius 1 is 1.20 bits per heavy atom. The summed E-state index contributed by atoms with van der Waals surface area (Å²) in [7, 11) is 0. The molecule has 1 aromatic carbocycles. The molecule has 1 aliphatic carbocycles. The van der Waals surface area contributed by atoms with Crippen LogP contribution in [0.25, 0.3) is 0 Å². The molecule has 0 aromatic heterocycles. The Labute approximate surface area is 121 Å². The van der Waals surface area contributed by atoms with Crippen molar-refractivity contribution in [2.45, 2.75) is 45.6 Å². The zero-order valence-electron chi connectivity index (χ0n) is 12.5. The summed E-state index contributed by atoms with van der Waals surface area (Å²) < 4.78 is 10.8. The zero-order valence-corrected chi connectivity index (χ0v) is 12.5. The Bertz CT molecular complexity index is 460. The minimum Gasteiger partial charge on any atom is -0.454 e. The quantitative estimate of drug-likeness (QED) is 0.904. The fourth-order valence-electron chi connectivity index (χ4n) is 3.32. The molecule has 3 rings (SSSR count). The summed E-state index contributed by atoms with van der Waals surface area (Å²) in [6.45, 7) is 6.10. The molecule has 0 radical (unpaired) electrons. The predicted molar refractivity (Wildman–Crippen MR) is 80.1 cm³/mol. The Kier molecular flexibility index (Phi) is 4.16. The highest BCUT2D eigenvalue weighted by atomic mass is 16.7. The van der Waals surface area contributed by atoms with Gasteiger partial charge in [-0.25, -0.2) is 0 Å². The van der Waals surface area contributed by atoms with Crippen molar-refractivity contribution in [3.63, 3.8) is 0 Å². The molecule has 1 heterocycles. The number of hydrogen-bond donors (Lipinski definition) is 1. The molecule has 3 atom stereocenters. The molecule has 2 aliphatic rings. The van der Waals surface area contributed by atoms with Crippen molar-refractivity contribution in [3.05, 3.63) is 23.8 Å². The monoisotopic (exact) mass is 275 g/mol. The summed E-state index contributed by atoms with van der Waals surface area (Å²) >= 11 is 0. The van der Waals surface area contributed by atoms with Gasteiger partial charge < -0.3 is 14.8 Å².